The number of furan rings is 1. The van der Waals surface area contributed by atoms with Crippen LogP contribution in [0.2, 0.25) is 0 Å². The molecule has 0 aromatic carbocycles. The lowest BCUT2D eigenvalue weighted by Gasteiger charge is -2.26. The highest BCUT2D eigenvalue weighted by Gasteiger charge is 2.25. The molecule has 2 aromatic heterocycles. The van der Waals surface area contributed by atoms with Crippen LogP contribution in [-0.2, 0) is 22.6 Å². The van der Waals surface area contributed by atoms with Gasteiger partial charge in [0, 0.05) is 37.5 Å². The van der Waals surface area contributed by atoms with Crippen molar-refractivity contribution in [2.75, 3.05) is 31.2 Å². The minimum atomic E-state index is -0.0580. The predicted molar refractivity (Wildman–Crippen MR) is 87.1 cm³/mol. The molecule has 1 saturated heterocycles. The molecular weight excluding hydrogens is 308 g/mol. The molecule has 124 valence electrons. The number of fused-ring (bicyclic) bond motifs is 1. The zero-order valence-corrected chi connectivity index (χ0v) is 13.2. The van der Waals surface area contributed by atoms with E-state index < -0.39 is 0 Å². The molecular formula is C17H18N4O3. The number of rotatable bonds is 3. The summed E-state index contributed by atoms with van der Waals surface area (Å²) in [6, 6.07) is 3.60. The van der Waals surface area contributed by atoms with Gasteiger partial charge in [-0.25, -0.2) is 9.97 Å². The van der Waals surface area contributed by atoms with Gasteiger partial charge in [-0.05, 0) is 18.2 Å². The number of carbonyl (C=O) groups is 1. The Morgan fingerprint density at radius 2 is 2.12 bits per heavy atom. The van der Waals surface area contributed by atoms with Gasteiger partial charge in [-0.1, -0.05) is 0 Å². The molecule has 0 aliphatic carbocycles. The number of aromatic nitrogens is 2. The van der Waals surface area contributed by atoms with Gasteiger partial charge in [0.05, 0.1) is 31.7 Å². The number of morpholine rings is 1. The fourth-order valence-corrected chi connectivity index (χ4v) is 2.86. The van der Waals surface area contributed by atoms with Gasteiger partial charge in [0.1, 0.15) is 5.76 Å². The summed E-state index contributed by atoms with van der Waals surface area (Å²) in [5.74, 6) is 1.32. The third-order valence-corrected chi connectivity index (χ3v) is 4.18. The average molecular weight is 326 g/mol. The molecule has 2 aliphatic heterocycles. The molecule has 24 heavy (non-hydrogen) atoms. The van der Waals surface area contributed by atoms with Crippen LogP contribution in [0, 0.1) is 0 Å². The first-order valence-corrected chi connectivity index (χ1v) is 7.97. The summed E-state index contributed by atoms with van der Waals surface area (Å²) in [5, 5.41) is 0. The minimum Gasteiger partial charge on any atom is -0.465 e. The normalized spacial score (nSPS) is 17.5. The van der Waals surface area contributed by atoms with Crippen LogP contribution < -0.4 is 4.90 Å². The maximum Gasteiger partial charge on any atom is 0.247 e. The summed E-state index contributed by atoms with van der Waals surface area (Å²) in [6.45, 7) is 4.04. The molecule has 2 aromatic rings. The van der Waals surface area contributed by atoms with Crippen molar-refractivity contribution in [2.24, 2.45) is 0 Å². The fourth-order valence-electron chi connectivity index (χ4n) is 2.86. The van der Waals surface area contributed by atoms with Crippen LogP contribution in [0.5, 0.6) is 0 Å². The third kappa shape index (κ3) is 3.03. The van der Waals surface area contributed by atoms with E-state index in [1.54, 1.807) is 23.3 Å². The maximum atomic E-state index is 12.3. The second kappa shape index (κ2) is 6.45. The molecule has 4 rings (SSSR count). The average Bonchev–Trinajstić information content (AvgIpc) is 3.29. The molecule has 7 nitrogen and oxygen atoms in total. The Morgan fingerprint density at radius 1 is 1.25 bits per heavy atom. The summed E-state index contributed by atoms with van der Waals surface area (Å²) < 4.78 is 10.6. The minimum absolute atomic E-state index is 0.0580. The van der Waals surface area contributed by atoms with E-state index in [1.807, 2.05) is 12.3 Å². The van der Waals surface area contributed by atoms with E-state index in [1.165, 1.54) is 6.08 Å². The van der Waals surface area contributed by atoms with Crippen LogP contribution in [0.1, 0.15) is 17.0 Å². The molecule has 2 aliphatic rings. The van der Waals surface area contributed by atoms with E-state index in [0.717, 1.165) is 30.3 Å². The van der Waals surface area contributed by atoms with Gasteiger partial charge in [0.15, 0.2) is 0 Å². The Bertz CT molecular complexity index is 751. The Hall–Kier alpha value is -2.67. The molecule has 0 spiro atoms. The molecule has 0 atom stereocenters. The van der Waals surface area contributed by atoms with Crippen LogP contribution in [0.25, 0.3) is 6.08 Å². The van der Waals surface area contributed by atoms with E-state index in [0.29, 0.717) is 32.1 Å². The van der Waals surface area contributed by atoms with Crippen molar-refractivity contribution >= 4 is 17.9 Å². The molecule has 0 radical (unpaired) electrons. The molecule has 1 fully saturated rings. The summed E-state index contributed by atoms with van der Waals surface area (Å²) in [4.78, 5) is 25.3. The molecule has 0 N–H and O–H groups in total. The molecule has 0 unspecified atom stereocenters. The van der Waals surface area contributed by atoms with Gasteiger partial charge in [-0.15, -0.1) is 0 Å². The van der Waals surface area contributed by atoms with E-state index in [9.17, 15) is 4.79 Å². The standard InChI is InChI=1S/C17H18N4O3/c22-16(4-3-14-2-1-7-24-14)21-11-13-10-18-17(19-15(13)12-21)20-5-8-23-9-6-20/h1-4,7,10H,5-6,8-9,11-12H2/b4-3+. The van der Waals surface area contributed by atoms with Crippen molar-refractivity contribution < 1.29 is 13.9 Å². The zero-order chi connectivity index (χ0) is 16.4. The van der Waals surface area contributed by atoms with Gasteiger partial charge in [0.2, 0.25) is 11.9 Å². The smallest absolute Gasteiger partial charge is 0.247 e. The lowest BCUT2D eigenvalue weighted by Crippen LogP contribution is -2.37. The highest BCUT2D eigenvalue weighted by Crippen LogP contribution is 2.23. The lowest BCUT2D eigenvalue weighted by atomic mass is 10.3. The predicted octanol–water partition coefficient (Wildman–Crippen LogP) is 1.46. The number of anilines is 1. The van der Waals surface area contributed by atoms with Crippen molar-refractivity contribution in [1.82, 2.24) is 14.9 Å². The Kier molecular flexibility index (Phi) is 4.00. The number of nitrogens with zero attached hydrogens (tertiary/aromatic N) is 4. The summed E-state index contributed by atoms with van der Waals surface area (Å²) in [6.07, 6.45) is 6.62. The largest absolute Gasteiger partial charge is 0.465 e. The van der Waals surface area contributed by atoms with E-state index >= 15 is 0 Å². The van der Waals surface area contributed by atoms with E-state index in [2.05, 4.69) is 14.9 Å². The van der Waals surface area contributed by atoms with Crippen molar-refractivity contribution in [3.8, 4) is 0 Å². The molecule has 0 bridgehead atoms. The zero-order valence-electron chi connectivity index (χ0n) is 13.2. The molecule has 4 heterocycles. The monoisotopic (exact) mass is 326 g/mol. The first kappa shape index (κ1) is 14.9. The first-order chi connectivity index (χ1) is 11.8. The number of hydrogen-bond acceptors (Lipinski definition) is 6. The lowest BCUT2D eigenvalue weighted by molar-refractivity contribution is -0.126. The number of hydrogen-bond donors (Lipinski definition) is 0. The Labute approximate surface area is 139 Å². The molecule has 1 amide bonds. The first-order valence-electron chi connectivity index (χ1n) is 7.97. The van der Waals surface area contributed by atoms with Crippen molar-refractivity contribution in [3.63, 3.8) is 0 Å². The molecule has 7 heteroatoms. The van der Waals surface area contributed by atoms with Crippen LogP contribution >= 0.6 is 0 Å². The van der Waals surface area contributed by atoms with E-state index in [4.69, 9.17) is 9.15 Å². The topological polar surface area (TPSA) is 71.7 Å². The van der Waals surface area contributed by atoms with Gasteiger partial charge < -0.3 is 19.0 Å². The van der Waals surface area contributed by atoms with Crippen LogP contribution in [0.3, 0.4) is 0 Å². The summed E-state index contributed by atoms with van der Waals surface area (Å²) >= 11 is 0. The number of carbonyl (C=O) groups excluding carboxylic acids is 1. The quantitative estimate of drug-likeness (QED) is 0.795. The van der Waals surface area contributed by atoms with Crippen molar-refractivity contribution in [2.45, 2.75) is 13.1 Å². The van der Waals surface area contributed by atoms with Gasteiger partial charge in [-0.2, -0.15) is 0 Å². The summed E-state index contributed by atoms with van der Waals surface area (Å²) in [5.41, 5.74) is 1.93. The third-order valence-electron chi connectivity index (χ3n) is 4.18. The van der Waals surface area contributed by atoms with Crippen molar-refractivity contribution in [3.05, 3.63) is 47.7 Å². The van der Waals surface area contributed by atoms with Gasteiger partial charge in [-0.3, -0.25) is 4.79 Å². The summed E-state index contributed by atoms with van der Waals surface area (Å²) in [7, 11) is 0. The number of amides is 1. The Balaban J connectivity index is 1.44. The second-order valence-corrected chi connectivity index (χ2v) is 5.78. The van der Waals surface area contributed by atoms with Gasteiger partial charge >= 0.3 is 0 Å². The van der Waals surface area contributed by atoms with Crippen LogP contribution in [0.15, 0.2) is 35.1 Å². The molecule has 0 saturated carbocycles. The van der Waals surface area contributed by atoms with E-state index in [-0.39, 0.29) is 5.91 Å². The van der Waals surface area contributed by atoms with Crippen LogP contribution in [0.4, 0.5) is 5.95 Å². The van der Waals surface area contributed by atoms with Crippen molar-refractivity contribution in [1.29, 1.82) is 0 Å². The van der Waals surface area contributed by atoms with Gasteiger partial charge in [0.25, 0.3) is 0 Å². The number of ether oxygens (including phenoxy) is 1. The second-order valence-electron chi connectivity index (χ2n) is 5.78. The highest BCUT2D eigenvalue weighted by atomic mass is 16.5. The Morgan fingerprint density at radius 3 is 2.92 bits per heavy atom. The maximum absolute atomic E-state index is 12.3. The highest BCUT2D eigenvalue weighted by molar-refractivity contribution is 5.91. The fraction of sp³-hybridized carbons (Fsp3) is 0.353. The van der Waals surface area contributed by atoms with Crippen LogP contribution in [-0.4, -0.2) is 47.1 Å². The SMILES string of the molecule is O=C(/C=C/c1ccco1)N1Cc2cnc(N3CCOCC3)nc2C1.